The fourth-order valence-electron chi connectivity index (χ4n) is 4.14. The summed E-state index contributed by atoms with van der Waals surface area (Å²) in [7, 11) is 0. The standard InChI is InChI=1S/C27H22F3N5O2/c28-27(29,30)23-11-5-4-10-21(23)25(33-37-18-19-7-2-1-3-8-19)17-34-14-12-24-22(26(34)36)16-35(32-24)20-9-6-13-31-15-20/h1-11,13,15-16H,12,14,17-18H2. The predicted molar refractivity (Wildman–Crippen MR) is 130 cm³/mol. The second-order valence-corrected chi connectivity index (χ2v) is 8.46. The van der Waals surface area contributed by atoms with Gasteiger partial charge in [-0.05, 0) is 23.8 Å². The van der Waals surface area contributed by atoms with Gasteiger partial charge in [-0.15, -0.1) is 0 Å². The molecule has 0 fully saturated rings. The van der Waals surface area contributed by atoms with E-state index < -0.39 is 11.7 Å². The lowest BCUT2D eigenvalue weighted by atomic mass is 10.0. The van der Waals surface area contributed by atoms with Gasteiger partial charge in [-0.3, -0.25) is 9.78 Å². The topological polar surface area (TPSA) is 72.6 Å². The minimum atomic E-state index is -4.60. The van der Waals surface area contributed by atoms with E-state index in [1.165, 1.54) is 23.1 Å². The number of amides is 1. The summed E-state index contributed by atoms with van der Waals surface area (Å²) in [6, 6.07) is 17.9. The first-order valence-electron chi connectivity index (χ1n) is 11.6. The van der Waals surface area contributed by atoms with Crippen LogP contribution in [0.25, 0.3) is 5.69 Å². The van der Waals surface area contributed by atoms with Gasteiger partial charge >= 0.3 is 6.18 Å². The van der Waals surface area contributed by atoms with Gasteiger partial charge in [0.05, 0.1) is 35.2 Å². The zero-order chi connectivity index (χ0) is 25.8. The summed E-state index contributed by atoms with van der Waals surface area (Å²) in [5.41, 5.74) is 1.58. The van der Waals surface area contributed by atoms with Crippen LogP contribution in [-0.4, -0.2) is 44.4 Å². The lowest BCUT2D eigenvalue weighted by molar-refractivity contribution is -0.137. The Morgan fingerprint density at radius 3 is 2.57 bits per heavy atom. The fourth-order valence-corrected chi connectivity index (χ4v) is 4.14. The Morgan fingerprint density at radius 2 is 1.81 bits per heavy atom. The molecule has 188 valence electrons. The molecule has 0 atom stereocenters. The highest BCUT2D eigenvalue weighted by molar-refractivity contribution is 6.06. The van der Waals surface area contributed by atoms with E-state index in [-0.39, 0.29) is 36.9 Å². The third kappa shape index (κ3) is 5.37. The maximum absolute atomic E-state index is 13.8. The Morgan fingerprint density at radius 1 is 1.03 bits per heavy atom. The molecule has 5 rings (SSSR count). The molecule has 1 amide bonds. The molecule has 4 aromatic rings. The number of oxime groups is 1. The van der Waals surface area contributed by atoms with Crippen molar-refractivity contribution in [2.45, 2.75) is 19.2 Å². The van der Waals surface area contributed by atoms with E-state index in [1.54, 1.807) is 29.3 Å². The zero-order valence-corrected chi connectivity index (χ0v) is 19.6. The number of rotatable bonds is 7. The first kappa shape index (κ1) is 24.2. The third-order valence-electron chi connectivity index (χ3n) is 5.97. The van der Waals surface area contributed by atoms with Gasteiger partial charge in [0.25, 0.3) is 5.91 Å². The maximum Gasteiger partial charge on any atom is 0.417 e. The largest absolute Gasteiger partial charge is 0.417 e. The third-order valence-corrected chi connectivity index (χ3v) is 5.97. The minimum Gasteiger partial charge on any atom is -0.391 e. The number of halogens is 3. The highest BCUT2D eigenvalue weighted by atomic mass is 19.4. The summed E-state index contributed by atoms with van der Waals surface area (Å²) >= 11 is 0. The molecule has 0 saturated heterocycles. The number of fused-ring (bicyclic) bond motifs is 1. The van der Waals surface area contributed by atoms with Crippen molar-refractivity contribution < 1.29 is 22.8 Å². The molecule has 7 nitrogen and oxygen atoms in total. The van der Waals surface area contributed by atoms with Crippen molar-refractivity contribution in [3.63, 3.8) is 0 Å². The van der Waals surface area contributed by atoms with Crippen LogP contribution in [0.5, 0.6) is 0 Å². The van der Waals surface area contributed by atoms with Gasteiger partial charge in [-0.25, -0.2) is 4.68 Å². The highest BCUT2D eigenvalue weighted by Gasteiger charge is 2.36. The average Bonchev–Trinajstić information content (AvgIpc) is 3.35. The van der Waals surface area contributed by atoms with Crippen LogP contribution >= 0.6 is 0 Å². The quantitative estimate of drug-likeness (QED) is 0.265. The number of hydrogen-bond acceptors (Lipinski definition) is 5. The van der Waals surface area contributed by atoms with Gasteiger partial charge < -0.3 is 9.74 Å². The van der Waals surface area contributed by atoms with Crippen molar-refractivity contribution in [1.82, 2.24) is 19.7 Å². The van der Waals surface area contributed by atoms with Gasteiger partial charge in [0, 0.05) is 30.9 Å². The van der Waals surface area contributed by atoms with Crippen LogP contribution in [-0.2, 0) is 24.0 Å². The number of aromatic nitrogens is 3. The molecule has 37 heavy (non-hydrogen) atoms. The molecule has 0 bridgehead atoms. The number of benzene rings is 2. The molecule has 0 radical (unpaired) electrons. The van der Waals surface area contributed by atoms with E-state index in [1.807, 2.05) is 36.4 Å². The van der Waals surface area contributed by atoms with E-state index in [2.05, 4.69) is 15.2 Å². The Kier molecular flexibility index (Phi) is 6.72. The summed E-state index contributed by atoms with van der Waals surface area (Å²) in [6.45, 7) is 0.203. The van der Waals surface area contributed by atoms with Gasteiger partial charge in [0.1, 0.15) is 12.3 Å². The van der Waals surface area contributed by atoms with Crippen molar-refractivity contribution >= 4 is 11.6 Å². The van der Waals surface area contributed by atoms with Crippen molar-refractivity contribution in [2.24, 2.45) is 5.16 Å². The number of carbonyl (C=O) groups is 1. The first-order valence-corrected chi connectivity index (χ1v) is 11.6. The van der Waals surface area contributed by atoms with E-state index in [4.69, 9.17) is 4.84 Å². The maximum atomic E-state index is 13.8. The van der Waals surface area contributed by atoms with E-state index in [9.17, 15) is 18.0 Å². The SMILES string of the molecule is O=C1c2cn(-c3cccnc3)nc2CCN1CC(=NOCc1ccccc1)c1ccccc1C(F)(F)F. The van der Waals surface area contributed by atoms with Gasteiger partial charge in [0.15, 0.2) is 0 Å². The Labute approximate surface area is 210 Å². The molecule has 1 aliphatic rings. The van der Waals surface area contributed by atoms with Gasteiger partial charge in [-0.1, -0.05) is 53.7 Å². The van der Waals surface area contributed by atoms with Gasteiger partial charge in [0.2, 0.25) is 0 Å². The lowest BCUT2D eigenvalue weighted by Crippen LogP contribution is -2.41. The summed E-state index contributed by atoms with van der Waals surface area (Å²) in [4.78, 5) is 24.4. The Balaban J connectivity index is 1.43. The molecule has 1 aliphatic heterocycles. The molecule has 0 N–H and O–H groups in total. The van der Waals surface area contributed by atoms with Crippen LogP contribution in [0.3, 0.4) is 0 Å². The van der Waals surface area contributed by atoms with Crippen LogP contribution in [0.4, 0.5) is 13.2 Å². The molecule has 0 spiro atoms. The first-order chi connectivity index (χ1) is 17.9. The zero-order valence-electron chi connectivity index (χ0n) is 19.6. The van der Waals surface area contributed by atoms with Crippen LogP contribution in [0, 0.1) is 0 Å². The van der Waals surface area contributed by atoms with Crippen LogP contribution < -0.4 is 0 Å². The van der Waals surface area contributed by atoms with E-state index in [0.29, 0.717) is 23.4 Å². The summed E-state index contributed by atoms with van der Waals surface area (Å²) in [6.07, 6.45) is 0.740. The normalized spacial score (nSPS) is 14.0. The van der Waals surface area contributed by atoms with Crippen molar-refractivity contribution in [3.05, 3.63) is 113 Å². The number of pyridine rings is 1. The van der Waals surface area contributed by atoms with E-state index >= 15 is 0 Å². The number of alkyl halides is 3. The highest BCUT2D eigenvalue weighted by Crippen LogP contribution is 2.32. The molecular weight excluding hydrogens is 483 g/mol. The van der Waals surface area contributed by atoms with Crippen LogP contribution in [0.1, 0.15) is 32.7 Å². The molecule has 0 saturated carbocycles. The molecule has 3 heterocycles. The molecular formula is C27H22F3N5O2. The van der Waals surface area contributed by atoms with E-state index in [0.717, 1.165) is 11.6 Å². The molecule has 2 aromatic heterocycles. The van der Waals surface area contributed by atoms with Gasteiger partial charge in [-0.2, -0.15) is 18.3 Å². The van der Waals surface area contributed by atoms with Crippen molar-refractivity contribution in [2.75, 3.05) is 13.1 Å². The average molecular weight is 506 g/mol. The Hall–Kier alpha value is -4.47. The minimum absolute atomic E-state index is 0.0142. The number of carbonyl (C=O) groups excluding carboxylic acids is 1. The Bertz CT molecular complexity index is 1420. The van der Waals surface area contributed by atoms with Crippen molar-refractivity contribution in [1.29, 1.82) is 0 Å². The van der Waals surface area contributed by atoms with Crippen LogP contribution in [0.2, 0.25) is 0 Å². The predicted octanol–water partition coefficient (Wildman–Crippen LogP) is 4.91. The smallest absolute Gasteiger partial charge is 0.391 e. The second-order valence-electron chi connectivity index (χ2n) is 8.46. The fraction of sp³-hybridized carbons (Fsp3) is 0.185. The van der Waals surface area contributed by atoms with Crippen molar-refractivity contribution in [3.8, 4) is 5.69 Å². The molecule has 0 unspecified atom stereocenters. The molecule has 10 heteroatoms. The molecule has 0 aliphatic carbocycles. The second kappa shape index (κ2) is 10.3. The lowest BCUT2D eigenvalue weighted by Gasteiger charge is -2.27. The van der Waals surface area contributed by atoms with Crippen LogP contribution in [0.15, 0.2) is 90.5 Å². The number of hydrogen-bond donors (Lipinski definition) is 0. The monoisotopic (exact) mass is 505 g/mol. The summed E-state index contributed by atoms with van der Waals surface area (Å²) in [5.74, 6) is -0.336. The summed E-state index contributed by atoms with van der Waals surface area (Å²) in [5, 5.41) is 8.59. The summed E-state index contributed by atoms with van der Waals surface area (Å²) < 4.78 is 43.0. The molecule has 2 aromatic carbocycles. The number of nitrogens with zero attached hydrogens (tertiary/aromatic N) is 5.